The van der Waals surface area contributed by atoms with Crippen molar-refractivity contribution in [2.24, 2.45) is 0 Å². The minimum absolute atomic E-state index is 0.0878. The number of hydrogen-bond acceptors (Lipinski definition) is 6. The van der Waals surface area contributed by atoms with Crippen LogP contribution in [0, 0.1) is 13.8 Å². The second-order valence-electron chi connectivity index (χ2n) is 7.66. The maximum atomic E-state index is 13.1. The molecule has 10 nitrogen and oxygen atoms in total. The van der Waals surface area contributed by atoms with E-state index in [4.69, 9.17) is 4.74 Å². The molecule has 1 aromatic carbocycles. The minimum Gasteiger partial charge on any atom is -0.450 e. The van der Waals surface area contributed by atoms with Crippen LogP contribution < -0.4 is 0 Å². The molecule has 174 valence electrons. The zero-order valence-electron chi connectivity index (χ0n) is 18.2. The normalized spacial score (nSPS) is 20.0. The number of benzene rings is 1. The number of piperazine rings is 2. The van der Waals surface area contributed by atoms with Crippen LogP contribution in [0.4, 0.5) is 4.79 Å². The van der Waals surface area contributed by atoms with Gasteiger partial charge in [-0.2, -0.15) is 21.3 Å². The molecule has 0 radical (unpaired) electrons. The molecular formula is C19H30N4O6S2. The number of ether oxygens (including phenoxy) is 1. The topological polar surface area (TPSA) is 108 Å². The van der Waals surface area contributed by atoms with Gasteiger partial charge in [-0.3, -0.25) is 0 Å². The first-order valence-electron chi connectivity index (χ1n) is 10.3. The Kier molecular flexibility index (Phi) is 7.26. The molecule has 2 fully saturated rings. The van der Waals surface area contributed by atoms with E-state index >= 15 is 0 Å². The molecule has 0 N–H and O–H groups in total. The zero-order valence-corrected chi connectivity index (χ0v) is 19.8. The lowest BCUT2D eigenvalue weighted by Gasteiger charge is -2.39. The summed E-state index contributed by atoms with van der Waals surface area (Å²) < 4.78 is 61.1. The Hall–Kier alpha value is -1.73. The Balaban J connectivity index is 1.62. The number of carbonyl (C=O) groups is 1. The van der Waals surface area contributed by atoms with Gasteiger partial charge in [0, 0.05) is 52.4 Å². The fourth-order valence-corrected chi connectivity index (χ4v) is 7.05. The molecule has 2 aliphatic heterocycles. The summed E-state index contributed by atoms with van der Waals surface area (Å²) >= 11 is 0. The van der Waals surface area contributed by atoms with E-state index in [2.05, 4.69) is 0 Å². The molecule has 1 aromatic rings. The van der Waals surface area contributed by atoms with Crippen LogP contribution >= 0.6 is 0 Å². The SMILES string of the molecule is CCOC(=O)N1CCN(S(=O)(=O)N2CCN(S(=O)(=O)c3cc(C)ccc3C)CC2)CC1. The third-order valence-electron chi connectivity index (χ3n) is 5.58. The molecule has 0 spiro atoms. The van der Waals surface area contributed by atoms with E-state index in [1.54, 1.807) is 26.0 Å². The molecule has 0 saturated carbocycles. The van der Waals surface area contributed by atoms with Crippen molar-refractivity contribution in [1.82, 2.24) is 17.8 Å². The monoisotopic (exact) mass is 474 g/mol. The van der Waals surface area contributed by atoms with E-state index in [0.29, 0.717) is 5.56 Å². The van der Waals surface area contributed by atoms with Gasteiger partial charge in [-0.25, -0.2) is 13.2 Å². The predicted octanol–water partition coefficient (Wildman–Crippen LogP) is 0.629. The fraction of sp³-hybridized carbons (Fsp3) is 0.632. The molecule has 1 amide bonds. The number of rotatable bonds is 5. The summed E-state index contributed by atoms with van der Waals surface area (Å²) in [4.78, 5) is 13.6. The van der Waals surface area contributed by atoms with Gasteiger partial charge in [0.25, 0.3) is 10.2 Å². The van der Waals surface area contributed by atoms with E-state index < -0.39 is 26.3 Å². The van der Waals surface area contributed by atoms with Crippen molar-refractivity contribution in [2.45, 2.75) is 25.7 Å². The molecular weight excluding hydrogens is 444 g/mol. The third-order valence-corrected chi connectivity index (χ3v) is 9.65. The van der Waals surface area contributed by atoms with Gasteiger partial charge >= 0.3 is 6.09 Å². The first-order chi connectivity index (χ1) is 14.6. The number of sulfonamides is 1. The van der Waals surface area contributed by atoms with Gasteiger partial charge in [-0.15, -0.1) is 0 Å². The van der Waals surface area contributed by atoms with E-state index in [0.717, 1.165) is 5.56 Å². The van der Waals surface area contributed by atoms with Crippen molar-refractivity contribution >= 4 is 26.3 Å². The van der Waals surface area contributed by atoms with Crippen LogP contribution in [0.3, 0.4) is 0 Å². The summed E-state index contributed by atoms with van der Waals surface area (Å²) in [6, 6.07) is 5.29. The van der Waals surface area contributed by atoms with E-state index in [1.165, 1.54) is 17.8 Å². The average molecular weight is 475 g/mol. The minimum atomic E-state index is -3.73. The van der Waals surface area contributed by atoms with Crippen LogP contribution in [0.2, 0.25) is 0 Å². The van der Waals surface area contributed by atoms with E-state index in [9.17, 15) is 21.6 Å². The maximum absolute atomic E-state index is 13.1. The van der Waals surface area contributed by atoms with Crippen LogP contribution in [0.5, 0.6) is 0 Å². The Bertz CT molecular complexity index is 1010. The molecule has 31 heavy (non-hydrogen) atoms. The summed E-state index contributed by atoms with van der Waals surface area (Å²) in [5.41, 5.74) is 1.52. The summed E-state index contributed by atoms with van der Waals surface area (Å²) in [6.07, 6.45) is -0.440. The van der Waals surface area contributed by atoms with Gasteiger partial charge in [-0.05, 0) is 38.0 Å². The molecule has 3 rings (SSSR count). The first-order valence-corrected chi connectivity index (χ1v) is 13.2. The lowest BCUT2D eigenvalue weighted by Crippen LogP contribution is -2.58. The van der Waals surface area contributed by atoms with Crippen molar-refractivity contribution < 1.29 is 26.4 Å². The Morgan fingerprint density at radius 1 is 0.871 bits per heavy atom. The summed E-state index contributed by atoms with van der Waals surface area (Å²) in [5, 5.41) is 0. The molecule has 2 heterocycles. The second-order valence-corrected chi connectivity index (χ2v) is 11.5. The van der Waals surface area contributed by atoms with Crippen molar-refractivity contribution in [3.05, 3.63) is 29.3 Å². The molecule has 0 aromatic heterocycles. The number of amides is 1. The van der Waals surface area contributed by atoms with Gasteiger partial charge in [0.2, 0.25) is 10.0 Å². The number of hydrogen-bond donors (Lipinski definition) is 0. The van der Waals surface area contributed by atoms with Crippen molar-refractivity contribution in [1.29, 1.82) is 0 Å². The standard InChI is InChI=1S/C19H30N4O6S2/c1-4-29-19(24)20-7-9-22(10-8-20)31(27,28)23-13-11-21(12-14-23)30(25,26)18-15-16(2)5-6-17(18)3/h5-6,15H,4,7-14H2,1-3H3. The lowest BCUT2D eigenvalue weighted by atomic mass is 10.2. The molecule has 0 atom stereocenters. The summed E-state index contributed by atoms with van der Waals surface area (Å²) in [5.74, 6) is 0. The Morgan fingerprint density at radius 2 is 1.39 bits per heavy atom. The molecule has 12 heteroatoms. The van der Waals surface area contributed by atoms with Gasteiger partial charge < -0.3 is 9.64 Å². The summed E-state index contributed by atoms with van der Waals surface area (Å²) in [7, 11) is -7.42. The lowest BCUT2D eigenvalue weighted by molar-refractivity contribution is 0.0921. The quantitative estimate of drug-likeness (QED) is 0.620. The van der Waals surface area contributed by atoms with Crippen LogP contribution in [-0.4, -0.2) is 99.7 Å². The molecule has 2 aliphatic rings. The highest BCUT2D eigenvalue weighted by Gasteiger charge is 2.38. The average Bonchev–Trinajstić information content (AvgIpc) is 2.75. The van der Waals surface area contributed by atoms with Gasteiger partial charge in [-0.1, -0.05) is 12.1 Å². The van der Waals surface area contributed by atoms with Crippen LogP contribution in [0.1, 0.15) is 18.1 Å². The molecule has 0 bridgehead atoms. The molecule has 2 saturated heterocycles. The van der Waals surface area contributed by atoms with E-state index in [-0.39, 0.29) is 63.9 Å². The smallest absolute Gasteiger partial charge is 0.409 e. The molecule has 0 unspecified atom stereocenters. The zero-order chi connectivity index (χ0) is 22.8. The first kappa shape index (κ1) is 23.9. The number of aryl methyl sites for hydroxylation is 2. The highest BCUT2D eigenvalue weighted by Crippen LogP contribution is 2.24. The van der Waals surface area contributed by atoms with Crippen LogP contribution in [-0.2, 0) is 25.0 Å². The predicted molar refractivity (Wildman–Crippen MR) is 115 cm³/mol. The van der Waals surface area contributed by atoms with Crippen molar-refractivity contribution in [3.63, 3.8) is 0 Å². The Labute approximate surface area is 184 Å². The van der Waals surface area contributed by atoms with E-state index in [1.807, 2.05) is 13.0 Å². The van der Waals surface area contributed by atoms with Gasteiger partial charge in [0.15, 0.2) is 0 Å². The van der Waals surface area contributed by atoms with Crippen molar-refractivity contribution in [2.75, 3.05) is 59.0 Å². The Morgan fingerprint density at radius 3 is 1.94 bits per heavy atom. The highest BCUT2D eigenvalue weighted by atomic mass is 32.2. The van der Waals surface area contributed by atoms with Crippen molar-refractivity contribution in [3.8, 4) is 0 Å². The summed E-state index contributed by atoms with van der Waals surface area (Å²) in [6.45, 7) is 6.84. The highest BCUT2D eigenvalue weighted by molar-refractivity contribution is 7.89. The maximum Gasteiger partial charge on any atom is 0.409 e. The largest absolute Gasteiger partial charge is 0.450 e. The van der Waals surface area contributed by atoms with Crippen LogP contribution in [0.25, 0.3) is 0 Å². The van der Waals surface area contributed by atoms with Gasteiger partial charge in [0.05, 0.1) is 11.5 Å². The number of nitrogens with zero attached hydrogens (tertiary/aromatic N) is 4. The van der Waals surface area contributed by atoms with Gasteiger partial charge in [0.1, 0.15) is 0 Å². The second kappa shape index (κ2) is 9.41. The van der Waals surface area contributed by atoms with Crippen LogP contribution in [0.15, 0.2) is 23.1 Å². The number of carbonyl (C=O) groups excluding carboxylic acids is 1. The molecule has 0 aliphatic carbocycles. The third kappa shape index (κ3) is 5.03. The fourth-order valence-electron chi connectivity index (χ4n) is 3.74.